The average Bonchev–Trinajstić information content (AvgIpc) is 3.33. The second kappa shape index (κ2) is 11.3. The molecule has 3 heterocycles. The molecule has 0 saturated carbocycles. The first-order chi connectivity index (χ1) is 18.7. The van der Waals surface area contributed by atoms with Gasteiger partial charge in [0, 0.05) is 46.8 Å². The first-order valence-corrected chi connectivity index (χ1v) is 13.1. The molecule has 1 saturated heterocycles. The van der Waals surface area contributed by atoms with Crippen LogP contribution in [0.2, 0.25) is 0 Å². The minimum absolute atomic E-state index is 0.231. The van der Waals surface area contributed by atoms with Crippen LogP contribution in [-0.4, -0.2) is 65.0 Å². The fourth-order valence-corrected chi connectivity index (χ4v) is 4.50. The average molecular weight is 515 g/mol. The van der Waals surface area contributed by atoms with Gasteiger partial charge in [-0.15, -0.1) is 0 Å². The monoisotopic (exact) mass is 514 g/mol. The van der Waals surface area contributed by atoms with Gasteiger partial charge in [-0.25, -0.2) is 9.97 Å². The molecule has 9 nitrogen and oxygen atoms in total. The van der Waals surface area contributed by atoms with Gasteiger partial charge in [0.2, 0.25) is 5.91 Å². The van der Waals surface area contributed by atoms with Crippen molar-refractivity contribution in [3.05, 3.63) is 29.6 Å². The molecule has 0 bridgehead atoms. The van der Waals surface area contributed by atoms with E-state index >= 15 is 0 Å². The molecule has 1 aliphatic carbocycles. The minimum atomic E-state index is -2.58. The Balaban J connectivity index is 1.57. The van der Waals surface area contributed by atoms with E-state index in [9.17, 15) is 4.79 Å². The molecule has 0 radical (unpaired) electrons. The van der Waals surface area contributed by atoms with Crippen LogP contribution in [0.3, 0.4) is 0 Å². The van der Waals surface area contributed by atoms with Crippen molar-refractivity contribution in [3.8, 4) is 17.3 Å². The molecule has 2 aromatic rings. The van der Waals surface area contributed by atoms with Crippen molar-refractivity contribution in [2.24, 2.45) is 0 Å². The molecule has 1 amide bonds. The van der Waals surface area contributed by atoms with Crippen molar-refractivity contribution in [1.82, 2.24) is 20.3 Å². The lowest BCUT2D eigenvalue weighted by atomic mass is 10.1. The Morgan fingerprint density at radius 1 is 1.22 bits per heavy atom. The summed E-state index contributed by atoms with van der Waals surface area (Å²) in [6, 6.07) is 3.48. The molecule has 1 fully saturated rings. The van der Waals surface area contributed by atoms with Gasteiger partial charge in [0.1, 0.15) is 23.9 Å². The van der Waals surface area contributed by atoms with Crippen LogP contribution in [-0.2, 0) is 27.1 Å². The number of nitrogens with zero attached hydrogens (tertiary/aromatic N) is 4. The molecule has 2 aliphatic rings. The quantitative estimate of drug-likeness (QED) is 0.535. The summed E-state index contributed by atoms with van der Waals surface area (Å²) in [5.74, 6) is 0.705. The largest absolute Gasteiger partial charge is 0.490 e. The molecule has 0 aromatic carbocycles. The van der Waals surface area contributed by atoms with Gasteiger partial charge in [0.15, 0.2) is 12.1 Å². The van der Waals surface area contributed by atoms with Crippen LogP contribution in [0, 0.1) is 0 Å². The third-order valence-electron chi connectivity index (χ3n) is 6.12. The number of ether oxygens (including phenoxy) is 3. The van der Waals surface area contributed by atoms with Crippen molar-refractivity contribution >= 4 is 11.7 Å². The van der Waals surface area contributed by atoms with Crippen molar-refractivity contribution in [1.29, 1.82) is 0 Å². The predicted molar refractivity (Wildman–Crippen MR) is 143 cm³/mol. The third-order valence-corrected chi connectivity index (χ3v) is 6.12. The van der Waals surface area contributed by atoms with E-state index in [2.05, 4.69) is 15.3 Å². The maximum absolute atomic E-state index is 12.8. The first-order valence-electron chi connectivity index (χ1n) is 14.6. The number of anilines is 1. The number of carbonyl (C=O) groups excluding carboxylic acids is 1. The normalized spacial score (nSPS) is 19.4. The molecule has 202 valence electrons. The first kappa shape index (κ1) is 23.3. The zero-order valence-electron chi connectivity index (χ0n) is 25.6. The zero-order chi connectivity index (χ0) is 29.1. The van der Waals surface area contributed by atoms with Crippen LogP contribution in [0.1, 0.15) is 75.7 Å². The molecule has 1 N–H and O–H groups in total. The van der Waals surface area contributed by atoms with Crippen LogP contribution < -0.4 is 15.0 Å². The topological polar surface area (TPSA) is 98.7 Å². The highest BCUT2D eigenvalue weighted by molar-refractivity contribution is 5.82. The molecular formula is C28H41N5O4. The summed E-state index contributed by atoms with van der Waals surface area (Å²) >= 11 is 0. The molecule has 9 heteroatoms. The molecule has 37 heavy (non-hydrogen) atoms. The fraction of sp³-hybridized carbons (Fsp3) is 0.643. The van der Waals surface area contributed by atoms with Gasteiger partial charge >= 0.3 is 0 Å². The molecule has 1 aliphatic heterocycles. The van der Waals surface area contributed by atoms with E-state index in [1.807, 2.05) is 34.6 Å². The summed E-state index contributed by atoms with van der Waals surface area (Å²) in [5.41, 5.74) is 0.924. The summed E-state index contributed by atoms with van der Waals surface area (Å²) in [5, 5.41) is 2.84. The van der Waals surface area contributed by atoms with Gasteiger partial charge in [-0.05, 0) is 79.2 Å². The number of likely N-dealkylation sites (N-methyl/N-ethyl adjacent to an activating group) is 1. The maximum Gasteiger partial charge on any atom is 0.239 e. The van der Waals surface area contributed by atoms with Crippen LogP contribution in [0.15, 0.2) is 18.3 Å². The van der Waals surface area contributed by atoms with Crippen molar-refractivity contribution in [2.75, 3.05) is 31.6 Å². The van der Waals surface area contributed by atoms with Crippen LogP contribution >= 0.6 is 0 Å². The SMILES string of the molecule is [2H]C([2H])([2H])N(CC(=O)NC(C)(C)C)c1nc(-c2cc(OCC(C)(C)OC3CCCCO3)ccn2)nc2c1CCC2. The van der Waals surface area contributed by atoms with Crippen LogP contribution in [0.4, 0.5) is 5.82 Å². The zero-order valence-corrected chi connectivity index (χ0v) is 22.6. The lowest BCUT2D eigenvalue weighted by Crippen LogP contribution is -2.45. The Morgan fingerprint density at radius 2 is 2.05 bits per heavy atom. The number of aryl methyl sites for hydroxylation is 1. The lowest BCUT2D eigenvalue weighted by Gasteiger charge is -2.32. The van der Waals surface area contributed by atoms with E-state index in [1.54, 1.807) is 18.3 Å². The minimum Gasteiger partial charge on any atom is -0.490 e. The number of rotatable bonds is 9. The number of pyridine rings is 1. The highest BCUT2D eigenvalue weighted by Crippen LogP contribution is 2.31. The Bertz CT molecular complexity index is 1190. The third kappa shape index (κ3) is 7.61. The molecular weight excluding hydrogens is 470 g/mol. The molecule has 0 spiro atoms. The van der Waals surface area contributed by atoms with E-state index in [4.69, 9.17) is 23.3 Å². The lowest BCUT2D eigenvalue weighted by molar-refractivity contribution is -0.221. The number of nitrogens with one attached hydrogen (secondary N) is 1. The van der Waals surface area contributed by atoms with Gasteiger partial charge in [-0.1, -0.05) is 0 Å². The standard InChI is InChI=1S/C28H41N5O4/c1-27(2,3)32-23(34)17-33(6)26-20-10-9-11-21(20)30-25(31-26)22-16-19(13-14-29-22)36-18-28(4,5)37-24-12-7-8-15-35-24/h13-14,16,24H,7-12,15,17-18H2,1-6H3,(H,32,34)/i6D3. The van der Waals surface area contributed by atoms with Gasteiger partial charge in [-0.3, -0.25) is 9.78 Å². The molecule has 4 rings (SSSR count). The summed E-state index contributed by atoms with van der Waals surface area (Å²) in [6.07, 6.45) is 6.56. The highest BCUT2D eigenvalue weighted by Gasteiger charge is 2.27. The smallest absolute Gasteiger partial charge is 0.239 e. The number of fused-ring (bicyclic) bond motifs is 1. The second-order valence-corrected chi connectivity index (χ2v) is 11.4. The fourth-order valence-electron chi connectivity index (χ4n) is 4.50. The van der Waals surface area contributed by atoms with E-state index < -0.39 is 24.0 Å². The second-order valence-electron chi connectivity index (χ2n) is 11.4. The number of hydrogen-bond acceptors (Lipinski definition) is 8. The Morgan fingerprint density at radius 3 is 2.78 bits per heavy atom. The van der Waals surface area contributed by atoms with Gasteiger partial charge in [-0.2, -0.15) is 0 Å². The van der Waals surface area contributed by atoms with E-state index in [1.165, 1.54) is 0 Å². The Labute approximate surface area is 224 Å². The summed E-state index contributed by atoms with van der Waals surface area (Å²) in [6.45, 7) is 7.54. The van der Waals surface area contributed by atoms with Crippen molar-refractivity contribution in [3.63, 3.8) is 0 Å². The van der Waals surface area contributed by atoms with Gasteiger partial charge in [0.25, 0.3) is 0 Å². The summed E-state index contributed by atoms with van der Waals surface area (Å²) in [7, 11) is 0. The Kier molecular flexibility index (Phi) is 7.14. The summed E-state index contributed by atoms with van der Waals surface area (Å²) in [4.78, 5) is 27.7. The molecule has 1 atom stereocenters. The Hall–Kier alpha value is -2.78. The maximum atomic E-state index is 12.8. The van der Waals surface area contributed by atoms with E-state index in [-0.39, 0.29) is 24.5 Å². The van der Waals surface area contributed by atoms with Gasteiger partial charge < -0.3 is 24.4 Å². The highest BCUT2D eigenvalue weighted by atomic mass is 16.7. The number of hydrogen-bond donors (Lipinski definition) is 1. The van der Waals surface area contributed by atoms with E-state index in [0.717, 1.165) is 41.8 Å². The van der Waals surface area contributed by atoms with Crippen LogP contribution in [0.5, 0.6) is 5.75 Å². The van der Waals surface area contributed by atoms with Gasteiger partial charge in [0.05, 0.1) is 12.1 Å². The molecule has 1 unspecified atom stereocenters. The number of carbonyl (C=O) groups is 1. The van der Waals surface area contributed by atoms with Crippen molar-refractivity contribution in [2.45, 2.75) is 90.6 Å². The van der Waals surface area contributed by atoms with Crippen LogP contribution in [0.25, 0.3) is 11.5 Å². The van der Waals surface area contributed by atoms with E-state index in [0.29, 0.717) is 37.5 Å². The number of amides is 1. The predicted octanol–water partition coefficient (Wildman–Crippen LogP) is 4.08. The number of aromatic nitrogens is 3. The molecule has 2 aromatic heterocycles. The van der Waals surface area contributed by atoms with Crippen molar-refractivity contribution < 1.29 is 23.1 Å². The summed E-state index contributed by atoms with van der Waals surface area (Å²) < 4.78 is 42.5.